The van der Waals surface area contributed by atoms with Crippen LogP contribution in [0, 0.1) is 13.8 Å². The smallest absolute Gasteiger partial charge is 0.157 e. The fourth-order valence-corrected chi connectivity index (χ4v) is 1.07. The van der Waals surface area contributed by atoms with Crippen LogP contribution in [0.3, 0.4) is 0 Å². The number of rotatable bonds is 3. The second kappa shape index (κ2) is 4.50. The van der Waals surface area contributed by atoms with E-state index in [0.717, 1.165) is 11.3 Å². The highest BCUT2D eigenvalue weighted by atomic mass is 16.5. The monoisotopic (exact) mass is 193 g/mol. The Labute approximate surface area is 83.5 Å². The van der Waals surface area contributed by atoms with Crippen LogP contribution in [0.5, 0.6) is 5.75 Å². The van der Waals surface area contributed by atoms with Crippen LogP contribution >= 0.6 is 0 Å². The summed E-state index contributed by atoms with van der Waals surface area (Å²) < 4.78 is 5.43. The average molecular weight is 193 g/mol. The topological polar surface area (TPSA) is 73.6 Å². The molecule has 0 fully saturated rings. The van der Waals surface area contributed by atoms with Crippen LogP contribution in [0.15, 0.2) is 23.3 Å². The zero-order valence-corrected chi connectivity index (χ0v) is 8.45. The van der Waals surface area contributed by atoms with Crippen LogP contribution in [-0.4, -0.2) is 12.4 Å². The van der Waals surface area contributed by atoms with Crippen LogP contribution in [-0.2, 0) is 0 Å². The number of nitrogens with two attached hydrogens (primary N) is 2. The molecule has 1 rings (SSSR count). The van der Waals surface area contributed by atoms with E-state index in [1.807, 2.05) is 32.0 Å². The van der Waals surface area contributed by atoms with Gasteiger partial charge in [-0.05, 0) is 31.0 Å². The number of aryl methyl sites for hydroxylation is 1. The highest BCUT2D eigenvalue weighted by Crippen LogP contribution is 2.20. The van der Waals surface area contributed by atoms with Crippen molar-refractivity contribution in [2.24, 2.45) is 16.7 Å². The molecule has 4 N–H and O–H groups in total. The molecule has 0 aliphatic rings. The highest BCUT2D eigenvalue weighted by molar-refractivity contribution is 5.81. The molecule has 0 aliphatic heterocycles. The lowest BCUT2D eigenvalue weighted by Crippen LogP contribution is -2.22. The van der Waals surface area contributed by atoms with Crippen molar-refractivity contribution < 1.29 is 4.74 Å². The van der Waals surface area contributed by atoms with Crippen LogP contribution in [0.4, 0.5) is 0 Å². The molecule has 0 saturated carbocycles. The Hall–Kier alpha value is -1.71. The normalized spacial score (nSPS) is 11.4. The van der Waals surface area contributed by atoms with Gasteiger partial charge in [0.1, 0.15) is 12.4 Å². The van der Waals surface area contributed by atoms with E-state index in [1.54, 1.807) is 0 Å². The first-order valence-electron chi connectivity index (χ1n) is 4.36. The standard InChI is InChI=1S/C10H15N3O/c1-7-4-3-5-9(8(7)2)14-6-10(11)13-12/h3-5H,6,12H2,1-2H3,(H2,11,13). The van der Waals surface area contributed by atoms with Gasteiger partial charge in [0, 0.05) is 0 Å². The summed E-state index contributed by atoms with van der Waals surface area (Å²) in [7, 11) is 0. The molecule has 0 bridgehead atoms. The second-order valence-corrected chi connectivity index (χ2v) is 3.11. The maximum Gasteiger partial charge on any atom is 0.157 e. The molecule has 1 aromatic rings. The van der Waals surface area contributed by atoms with Gasteiger partial charge in [0.25, 0.3) is 0 Å². The van der Waals surface area contributed by atoms with E-state index in [0.29, 0.717) is 0 Å². The van der Waals surface area contributed by atoms with E-state index in [-0.39, 0.29) is 12.4 Å². The van der Waals surface area contributed by atoms with Crippen molar-refractivity contribution in [2.45, 2.75) is 13.8 Å². The molecule has 4 heteroatoms. The van der Waals surface area contributed by atoms with Crippen molar-refractivity contribution in [3.63, 3.8) is 0 Å². The zero-order chi connectivity index (χ0) is 10.6. The van der Waals surface area contributed by atoms with Gasteiger partial charge in [0.2, 0.25) is 0 Å². The number of hydrogen-bond donors (Lipinski definition) is 2. The van der Waals surface area contributed by atoms with E-state index < -0.39 is 0 Å². The van der Waals surface area contributed by atoms with Crippen LogP contribution < -0.4 is 16.3 Å². The fourth-order valence-electron chi connectivity index (χ4n) is 1.07. The fraction of sp³-hybridized carbons (Fsp3) is 0.300. The van der Waals surface area contributed by atoms with Gasteiger partial charge in [0.15, 0.2) is 5.84 Å². The molecule has 1 aromatic carbocycles. The first-order valence-corrected chi connectivity index (χ1v) is 4.36. The molecule has 0 radical (unpaired) electrons. The molecule has 0 atom stereocenters. The zero-order valence-electron chi connectivity index (χ0n) is 8.45. The van der Waals surface area contributed by atoms with Gasteiger partial charge in [-0.2, -0.15) is 5.10 Å². The molecule has 0 aromatic heterocycles. The lowest BCUT2D eigenvalue weighted by Gasteiger charge is -2.09. The number of benzene rings is 1. The molecule has 14 heavy (non-hydrogen) atoms. The van der Waals surface area contributed by atoms with Gasteiger partial charge in [-0.15, -0.1) is 0 Å². The third kappa shape index (κ3) is 2.39. The second-order valence-electron chi connectivity index (χ2n) is 3.11. The van der Waals surface area contributed by atoms with Gasteiger partial charge in [-0.25, -0.2) is 0 Å². The first kappa shape index (κ1) is 10.4. The van der Waals surface area contributed by atoms with Crippen LogP contribution in [0.25, 0.3) is 0 Å². The number of hydrazone groups is 1. The van der Waals surface area contributed by atoms with Crippen molar-refractivity contribution in [1.29, 1.82) is 0 Å². The summed E-state index contributed by atoms with van der Waals surface area (Å²) in [6, 6.07) is 5.86. The van der Waals surface area contributed by atoms with E-state index in [4.69, 9.17) is 16.3 Å². The third-order valence-corrected chi connectivity index (χ3v) is 2.10. The van der Waals surface area contributed by atoms with Gasteiger partial charge in [0.05, 0.1) is 0 Å². The van der Waals surface area contributed by atoms with Crippen molar-refractivity contribution in [3.05, 3.63) is 29.3 Å². The molecule has 0 aliphatic carbocycles. The average Bonchev–Trinajstić information content (AvgIpc) is 2.20. The summed E-state index contributed by atoms with van der Waals surface area (Å²) in [4.78, 5) is 0. The quantitative estimate of drug-likeness (QED) is 0.324. The number of nitrogens with zero attached hydrogens (tertiary/aromatic N) is 1. The van der Waals surface area contributed by atoms with Gasteiger partial charge < -0.3 is 16.3 Å². The summed E-state index contributed by atoms with van der Waals surface area (Å²) >= 11 is 0. The summed E-state index contributed by atoms with van der Waals surface area (Å²) in [5, 5.41) is 3.33. The molecular weight excluding hydrogens is 178 g/mol. The van der Waals surface area contributed by atoms with E-state index >= 15 is 0 Å². The lowest BCUT2D eigenvalue weighted by molar-refractivity contribution is 0.372. The summed E-state index contributed by atoms with van der Waals surface area (Å²) in [6.07, 6.45) is 0. The minimum absolute atomic E-state index is 0.223. The van der Waals surface area contributed by atoms with Crippen LogP contribution in [0.1, 0.15) is 11.1 Å². The predicted molar refractivity (Wildman–Crippen MR) is 57.2 cm³/mol. The van der Waals surface area contributed by atoms with Crippen LogP contribution in [0.2, 0.25) is 0 Å². The maximum atomic E-state index is 5.43. The molecular formula is C10H15N3O. The third-order valence-electron chi connectivity index (χ3n) is 2.10. The van der Waals surface area contributed by atoms with Crippen molar-refractivity contribution in [2.75, 3.05) is 6.61 Å². The first-order chi connectivity index (χ1) is 6.65. The number of hydrogen-bond acceptors (Lipinski definition) is 3. The molecule has 0 spiro atoms. The Kier molecular flexibility index (Phi) is 3.34. The molecule has 76 valence electrons. The minimum atomic E-state index is 0.223. The van der Waals surface area contributed by atoms with Gasteiger partial charge in [-0.1, -0.05) is 12.1 Å². The van der Waals surface area contributed by atoms with Gasteiger partial charge in [-0.3, -0.25) is 0 Å². The number of ether oxygens (including phenoxy) is 1. The molecule has 4 nitrogen and oxygen atoms in total. The van der Waals surface area contributed by atoms with Crippen molar-refractivity contribution in [3.8, 4) is 5.75 Å². The highest BCUT2D eigenvalue weighted by Gasteiger charge is 2.01. The Balaban J connectivity index is 2.73. The SMILES string of the molecule is Cc1cccc(OC/C(N)=N/N)c1C. The Morgan fingerprint density at radius 2 is 2.14 bits per heavy atom. The molecule has 0 saturated heterocycles. The summed E-state index contributed by atoms with van der Waals surface area (Å²) in [5.74, 6) is 6.09. The van der Waals surface area contributed by atoms with E-state index in [9.17, 15) is 0 Å². The number of amidine groups is 1. The lowest BCUT2D eigenvalue weighted by atomic mass is 10.1. The molecule has 0 amide bonds. The maximum absolute atomic E-state index is 5.43. The predicted octanol–water partition coefficient (Wildman–Crippen LogP) is 0.913. The summed E-state index contributed by atoms with van der Waals surface area (Å²) in [6.45, 7) is 4.25. The Morgan fingerprint density at radius 3 is 2.79 bits per heavy atom. The molecule has 0 unspecified atom stereocenters. The van der Waals surface area contributed by atoms with E-state index in [2.05, 4.69) is 5.10 Å². The van der Waals surface area contributed by atoms with Gasteiger partial charge >= 0.3 is 0 Å². The molecule has 0 heterocycles. The summed E-state index contributed by atoms with van der Waals surface area (Å²) in [5.41, 5.74) is 7.70. The van der Waals surface area contributed by atoms with Crippen molar-refractivity contribution in [1.82, 2.24) is 0 Å². The Bertz CT molecular complexity index is 347. The van der Waals surface area contributed by atoms with Crippen molar-refractivity contribution >= 4 is 5.84 Å². The minimum Gasteiger partial charge on any atom is -0.485 e. The van der Waals surface area contributed by atoms with E-state index in [1.165, 1.54) is 5.56 Å². The largest absolute Gasteiger partial charge is 0.485 e. The Morgan fingerprint density at radius 1 is 1.43 bits per heavy atom.